The number of carbonyl (C=O) groups is 3. The standard InChI is InChI=1S/C20H22N4O3S/c1-23-19(26)17(28-20(23)27)10-18(25)22-15-8-5-9-16-14(15)11-21-24(16)12-13-6-3-2-4-7-13/h2-4,6-7,11,15,17H,5,8-10,12H2,1H3,(H,22,25)/t15-,17-/m1/s1. The molecule has 4 rings (SSSR count). The van der Waals surface area contributed by atoms with Gasteiger partial charge in [-0.3, -0.25) is 24.0 Å². The first kappa shape index (κ1) is 18.7. The molecule has 2 aromatic rings. The third-order valence-corrected chi connectivity index (χ3v) is 6.40. The molecule has 3 amide bonds. The Hall–Kier alpha value is -2.61. The molecule has 1 aromatic heterocycles. The lowest BCUT2D eigenvalue weighted by Gasteiger charge is -2.24. The lowest BCUT2D eigenvalue weighted by Crippen LogP contribution is -2.35. The fourth-order valence-electron chi connectivity index (χ4n) is 3.77. The quantitative estimate of drug-likeness (QED) is 0.837. The van der Waals surface area contributed by atoms with Gasteiger partial charge in [0.2, 0.25) is 11.8 Å². The molecule has 0 radical (unpaired) electrons. The summed E-state index contributed by atoms with van der Waals surface area (Å²) in [6, 6.07) is 10.1. The summed E-state index contributed by atoms with van der Waals surface area (Å²) in [4.78, 5) is 37.2. The summed E-state index contributed by atoms with van der Waals surface area (Å²) in [5.74, 6) is -0.507. The van der Waals surface area contributed by atoms with E-state index in [1.807, 2.05) is 29.1 Å². The van der Waals surface area contributed by atoms with Crippen LogP contribution >= 0.6 is 11.8 Å². The second-order valence-electron chi connectivity index (χ2n) is 7.18. The maximum atomic E-state index is 12.5. The second-order valence-corrected chi connectivity index (χ2v) is 8.33. The first-order chi connectivity index (χ1) is 13.5. The monoisotopic (exact) mass is 398 g/mol. The highest BCUT2D eigenvalue weighted by atomic mass is 32.2. The molecule has 0 bridgehead atoms. The maximum absolute atomic E-state index is 12.5. The van der Waals surface area contributed by atoms with E-state index in [2.05, 4.69) is 22.5 Å². The summed E-state index contributed by atoms with van der Waals surface area (Å²) in [7, 11) is 1.45. The van der Waals surface area contributed by atoms with Crippen molar-refractivity contribution in [1.82, 2.24) is 20.0 Å². The van der Waals surface area contributed by atoms with Crippen LogP contribution in [-0.4, -0.2) is 44.0 Å². The summed E-state index contributed by atoms with van der Waals surface area (Å²) >= 11 is 0.923. The molecule has 0 spiro atoms. The van der Waals surface area contributed by atoms with Crippen molar-refractivity contribution < 1.29 is 14.4 Å². The van der Waals surface area contributed by atoms with E-state index in [9.17, 15) is 14.4 Å². The minimum atomic E-state index is -0.624. The molecular weight excluding hydrogens is 376 g/mol. The van der Waals surface area contributed by atoms with Crippen LogP contribution in [0.3, 0.4) is 0 Å². The Balaban J connectivity index is 1.43. The molecular formula is C20H22N4O3S. The van der Waals surface area contributed by atoms with Gasteiger partial charge in [-0.2, -0.15) is 5.10 Å². The van der Waals surface area contributed by atoms with Gasteiger partial charge >= 0.3 is 0 Å². The highest BCUT2D eigenvalue weighted by molar-refractivity contribution is 8.15. The van der Waals surface area contributed by atoms with Crippen molar-refractivity contribution in [1.29, 1.82) is 0 Å². The van der Waals surface area contributed by atoms with Crippen LogP contribution in [0, 0.1) is 0 Å². The molecule has 1 aliphatic heterocycles. The first-order valence-electron chi connectivity index (χ1n) is 9.39. The van der Waals surface area contributed by atoms with Gasteiger partial charge in [-0.1, -0.05) is 42.1 Å². The summed E-state index contributed by atoms with van der Waals surface area (Å²) in [6.45, 7) is 0.707. The molecule has 1 aliphatic carbocycles. The Labute approximate surface area is 167 Å². The van der Waals surface area contributed by atoms with Crippen molar-refractivity contribution in [3.05, 3.63) is 53.3 Å². The summed E-state index contributed by atoms with van der Waals surface area (Å²) in [6.07, 6.45) is 4.61. The Morgan fingerprint density at radius 3 is 2.79 bits per heavy atom. The zero-order chi connectivity index (χ0) is 19.7. The van der Waals surface area contributed by atoms with Crippen molar-refractivity contribution in [2.45, 2.75) is 43.5 Å². The number of imide groups is 1. The summed E-state index contributed by atoms with van der Waals surface area (Å²) in [5, 5.41) is 6.66. The Morgan fingerprint density at radius 1 is 1.29 bits per heavy atom. The number of hydrogen-bond donors (Lipinski definition) is 1. The van der Waals surface area contributed by atoms with E-state index in [1.54, 1.807) is 0 Å². The number of nitrogens with one attached hydrogen (secondary N) is 1. The van der Waals surface area contributed by atoms with E-state index in [-0.39, 0.29) is 29.5 Å². The zero-order valence-corrected chi connectivity index (χ0v) is 16.4. The van der Waals surface area contributed by atoms with Gasteiger partial charge in [0.05, 0.1) is 18.8 Å². The number of aromatic nitrogens is 2. The predicted molar refractivity (Wildman–Crippen MR) is 106 cm³/mol. The van der Waals surface area contributed by atoms with Gasteiger partial charge in [0.15, 0.2) is 0 Å². The molecule has 2 heterocycles. The molecule has 1 N–H and O–H groups in total. The van der Waals surface area contributed by atoms with Crippen molar-refractivity contribution in [3.8, 4) is 0 Å². The molecule has 7 nitrogen and oxygen atoms in total. The molecule has 0 saturated carbocycles. The van der Waals surface area contributed by atoms with Gasteiger partial charge in [0.1, 0.15) is 5.25 Å². The fraction of sp³-hybridized carbons (Fsp3) is 0.400. The first-order valence-corrected chi connectivity index (χ1v) is 10.3. The van der Waals surface area contributed by atoms with Gasteiger partial charge in [0, 0.05) is 24.7 Å². The number of benzene rings is 1. The van der Waals surface area contributed by atoms with Crippen molar-refractivity contribution in [3.63, 3.8) is 0 Å². The van der Waals surface area contributed by atoms with Crippen LogP contribution in [-0.2, 0) is 22.6 Å². The van der Waals surface area contributed by atoms with E-state index in [4.69, 9.17) is 0 Å². The average Bonchev–Trinajstić information content (AvgIpc) is 3.20. The molecule has 2 aliphatic rings. The molecule has 146 valence electrons. The third-order valence-electron chi connectivity index (χ3n) is 5.27. The van der Waals surface area contributed by atoms with E-state index >= 15 is 0 Å². The van der Waals surface area contributed by atoms with Crippen LogP contribution in [0.4, 0.5) is 4.79 Å². The molecule has 1 fully saturated rings. The zero-order valence-electron chi connectivity index (χ0n) is 15.6. The van der Waals surface area contributed by atoms with Gasteiger partial charge in [-0.15, -0.1) is 0 Å². The number of amides is 3. The van der Waals surface area contributed by atoms with E-state index in [1.165, 1.54) is 12.6 Å². The number of carbonyl (C=O) groups excluding carboxylic acids is 3. The van der Waals surface area contributed by atoms with Crippen molar-refractivity contribution in [2.24, 2.45) is 0 Å². The van der Waals surface area contributed by atoms with Gasteiger partial charge in [-0.25, -0.2) is 0 Å². The summed E-state index contributed by atoms with van der Waals surface area (Å²) < 4.78 is 2.01. The second kappa shape index (κ2) is 7.79. The topological polar surface area (TPSA) is 84.3 Å². The number of hydrogen-bond acceptors (Lipinski definition) is 5. The smallest absolute Gasteiger partial charge is 0.288 e. The average molecular weight is 398 g/mol. The van der Waals surface area contributed by atoms with E-state index < -0.39 is 5.25 Å². The lowest BCUT2D eigenvalue weighted by molar-refractivity contribution is -0.129. The molecule has 1 saturated heterocycles. The normalized spacial score (nSPS) is 21.7. The van der Waals surface area contributed by atoms with Gasteiger partial charge < -0.3 is 5.32 Å². The van der Waals surface area contributed by atoms with Crippen molar-refractivity contribution >= 4 is 28.8 Å². The van der Waals surface area contributed by atoms with Crippen LogP contribution in [0.5, 0.6) is 0 Å². The number of nitrogens with zero attached hydrogens (tertiary/aromatic N) is 3. The Morgan fingerprint density at radius 2 is 2.07 bits per heavy atom. The molecule has 1 aromatic carbocycles. The largest absolute Gasteiger partial charge is 0.349 e. The van der Waals surface area contributed by atoms with Gasteiger partial charge in [0.25, 0.3) is 5.24 Å². The van der Waals surface area contributed by atoms with E-state index in [0.29, 0.717) is 6.54 Å². The van der Waals surface area contributed by atoms with Gasteiger partial charge in [-0.05, 0) is 24.8 Å². The van der Waals surface area contributed by atoms with Crippen LogP contribution in [0.1, 0.15) is 42.1 Å². The fourth-order valence-corrected chi connectivity index (χ4v) is 4.75. The van der Waals surface area contributed by atoms with Crippen LogP contribution in [0.25, 0.3) is 0 Å². The molecule has 8 heteroatoms. The highest BCUT2D eigenvalue weighted by Gasteiger charge is 2.38. The van der Waals surface area contributed by atoms with Crippen LogP contribution in [0.2, 0.25) is 0 Å². The molecule has 2 atom stereocenters. The number of thioether (sulfide) groups is 1. The Bertz CT molecular complexity index is 911. The number of fused-ring (bicyclic) bond motifs is 1. The third kappa shape index (κ3) is 3.69. The Kier molecular flexibility index (Phi) is 5.21. The number of rotatable bonds is 5. The molecule has 0 unspecified atom stereocenters. The minimum absolute atomic E-state index is 0.0174. The minimum Gasteiger partial charge on any atom is -0.349 e. The van der Waals surface area contributed by atoms with Crippen molar-refractivity contribution in [2.75, 3.05) is 7.05 Å². The van der Waals surface area contributed by atoms with E-state index in [0.717, 1.165) is 47.2 Å². The highest BCUT2D eigenvalue weighted by Crippen LogP contribution is 2.31. The SMILES string of the molecule is CN1C(=O)S[C@H](CC(=O)N[C@@H]2CCCc3c2cnn3Cc2ccccc2)C1=O. The summed E-state index contributed by atoms with van der Waals surface area (Å²) in [5.41, 5.74) is 3.39. The van der Waals surface area contributed by atoms with Crippen LogP contribution < -0.4 is 5.32 Å². The maximum Gasteiger partial charge on any atom is 0.288 e. The molecule has 28 heavy (non-hydrogen) atoms. The van der Waals surface area contributed by atoms with Crippen LogP contribution in [0.15, 0.2) is 36.5 Å². The predicted octanol–water partition coefficient (Wildman–Crippen LogP) is 2.51. The lowest BCUT2D eigenvalue weighted by atomic mass is 9.92.